The average Bonchev–Trinajstić information content (AvgIpc) is 3.43. The fourth-order valence-corrected chi connectivity index (χ4v) is 3.58. The van der Waals surface area contributed by atoms with E-state index in [0.717, 1.165) is 11.3 Å². The Morgan fingerprint density at radius 2 is 1.90 bits per heavy atom. The predicted molar refractivity (Wildman–Crippen MR) is 112 cm³/mol. The van der Waals surface area contributed by atoms with Crippen LogP contribution in [-0.2, 0) is 0 Å². The lowest BCUT2D eigenvalue weighted by Gasteiger charge is -1.97. The molecule has 140 valence electrons. The van der Waals surface area contributed by atoms with E-state index in [1.807, 2.05) is 35.7 Å². The number of nitro benzene ring substituents is 1. The summed E-state index contributed by atoms with van der Waals surface area (Å²) in [6.45, 7) is 0. The minimum Gasteiger partial charge on any atom is -0.457 e. The van der Waals surface area contributed by atoms with E-state index in [1.165, 1.54) is 23.5 Å². The molecule has 7 heteroatoms. The zero-order valence-electron chi connectivity index (χ0n) is 15.0. The van der Waals surface area contributed by atoms with E-state index in [1.54, 1.807) is 30.3 Å². The Morgan fingerprint density at radius 1 is 1.10 bits per heavy atom. The molecule has 0 amide bonds. The van der Waals surface area contributed by atoms with E-state index in [9.17, 15) is 15.4 Å². The molecule has 0 bridgehead atoms. The molecule has 0 spiro atoms. The second-order valence-corrected chi connectivity index (χ2v) is 6.94. The highest BCUT2D eigenvalue weighted by Gasteiger charge is 2.12. The zero-order valence-corrected chi connectivity index (χ0v) is 15.8. The normalized spacial score (nSPS) is 11.2. The van der Waals surface area contributed by atoms with Crippen molar-refractivity contribution in [2.24, 2.45) is 0 Å². The second kappa shape index (κ2) is 7.92. The third-order valence-corrected chi connectivity index (χ3v) is 5.06. The van der Waals surface area contributed by atoms with Crippen molar-refractivity contribution < 1.29 is 9.34 Å². The topological polar surface area (TPSA) is 93.0 Å². The number of hydrogen-bond acceptors (Lipinski definition) is 6. The molecule has 0 saturated carbocycles. The molecular formula is C22H13N3O3S. The maximum absolute atomic E-state index is 11.0. The van der Waals surface area contributed by atoms with Crippen molar-refractivity contribution >= 4 is 28.7 Å². The van der Waals surface area contributed by atoms with Gasteiger partial charge in [-0.25, -0.2) is 4.98 Å². The van der Waals surface area contributed by atoms with Gasteiger partial charge in [-0.3, -0.25) is 10.1 Å². The van der Waals surface area contributed by atoms with E-state index in [0.29, 0.717) is 27.7 Å². The smallest absolute Gasteiger partial charge is 0.270 e. The van der Waals surface area contributed by atoms with Gasteiger partial charge in [0, 0.05) is 34.7 Å². The molecular weight excluding hydrogens is 386 g/mol. The third-order valence-electron chi connectivity index (χ3n) is 4.18. The summed E-state index contributed by atoms with van der Waals surface area (Å²) >= 11 is 1.39. The maximum atomic E-state index is 11.0. The first-order chi connectivity index (χ1) is 14.1. The molecule has 0 atom stereocenters. The molecule has 0 aliphatic carbocycles. The van der Waals surface area contributed by atoms with Gasteiger partial charge in [-0.1, -0.05) is 42.5 Å². The summed E-state index contributed by atoms with van der Waals surface area (Å²) in [5, 5.41) is 23.0. The van der Waals surface area contributed by atoms with Crippen LogP contribution in [0.25, 0.3) is 34.2 Å². The van der Waals surface area contributed by atoms with Gasteiger partial charge >= 0.3 is 0 Å². The molecule has 0 aliphatic heterocycles. The van der Waals surface area contributed by atoms with Crippen molar-refractivity contribution in [3.8, 4) is 28.7 Å². The van der Waals surface area contributed by atoms with Crippen LogP contribution in [0.5, 0.6) is 0 Å². The lowest BCUT2D eigenvalue weighted by molar-refractivity contribution is -0.384. The van der Waals surface area contributed by atoms with Crippen LogP contribution >= 0.6 is 11.3 Å². The van der Waals surface area contributed by atoms with Gasteiger partial charge < -0.3 is 4.42 Å². The Balaban J connectivity index is 1.62. The van der Waals surface area contributed by atoms with E-state index in [2.05, 4.69) is 11.1 Å². The number of furan rings is 1. The fraction of sp³-hybridized carbons (Fsp3) is 0. The van der Waals surface area contributed by atoms with Crippen LogP contribution in [-0.4, -0.2) is 9.91 Å². The van der Waals surface area contributed by atoms with Crippen molar-refractivity contribution in [2.45, 2.75) is 0 Å². The molecule has 2 heterocycles. The maximum Gasteiger partial charge on any atom is 0.270 e. The lowest BCUT2D eigenvalue weighted by atomic mass is 10.1. The van der Waals surface area contributed by atoms with Crippen LogP contribution in [0, 0.1) is 21.4 Å². The molecule has 6 nitrogen and oxygen atoms in total. The van der Waals surface area contributed by atoms with Crippen molar-refractivity contribution in [1.82, 2.24) is 4.98 Å². The minimum absolute atomic E-state index is 0.00932. The molecule has 0 unspecified atom stereocenters. The summed E-state index contributed by atoms with van der Waals surface area (Å²) in [6.07, 6.45) is 1.62. The van der Waals surface area contributed by atoms with Crippen molar-refractivity contribution in [2.75, 3.05) is 0 Å². The van der Waals surface area contributed by atoms with Gasteiger partial charge in [0.15, 0.2) is 0 Å². The molecule has 0 saturated heterocycles. The number of rotatable bonds is 5. The summed E-state index contributed by atoms with van der Waals surface area (Å²) < 4.78 is 5.78. The van der Waals surface area contributed by atoms with Gasteiger partial charge in [0.2, 0.25) is 0 Å². The number of nitrogens with zero attached hydrogens (tertiary/aromatic N) is 3. The number of nitriles is 1. The van der Waals surface area contributed by atoms with Crippen molar-refractivity contribution in [3.63, 3.8) is 0 Å². The molecule has 0 radical (unpaired) electrons. The van der Waals surface area contributed by atoms with Crippen LogP contribution in [0.15, 0.2) is 76.5 Å². The molecule has 0 fully saturated rings. The number of nitro groups is 1. The first kappa shape index (κ1) is 18.3. The highest BCUT2D eigenvalue weighted by Crippen LogP contribution is 2.30. The number of benzene rings is 2. The summed E-state index contributed by atoms with van der Waals surface area (Å²) in [5.74, 6) is 0.959. The number of allylic oxidation sites excluding steroid dienone is 1. The molecule has 2 aromatic carbocycles. The quantitative estimate of drug-likeness (QED) is 0.232. The first-order valence-corrected chi connectivity index (χ1v) is 9.50. The van der Waals surface area contributed by atoms with Gasteiger partial charge in [0.1, 0.15) is 22.6 Å². The fourth-order valence-electron chi connectivity index (χ4n) is 2.78. The monoisotopic (exact) mass is 399 g/mol. The third kappa shape index (κ3) is 3.98. The van der Waals surface area contributed by atoms with Crippen LogP contribution in [0.2, 0.25) is 0 Å². The van der Waals surface area contributed by atoms with E-state index in [4.69, 9.17) is 4.42 Å². The van der Waals surface area contributed by atoms with Gasteiger partial charge in [-0.05, 0) is 12.1 Å². The van der Waals surface area contributed by atoms with Gasteiger partial charge in [-0.15, -0.1) is 11.3 Å². The zero-order chi connectivity index (χ0) is 20.2. The molecule has 4 aromatic rings. The van der Waals surface area contributed by atoms with E-state index < -0.39 is 4.92 Å². The summed E-state index contributed by atoms with van der Waals surface area (Å²) in [4.78, 5) is 15.1. The largest absolute Gasteiger partial charge is 0.457 e. The number of thiazole rings is 1. The van der Waals surface area contributed by atoms with Crippen LogP contribution in [0.1, 0.15) is 10.8 Å². The molecule has 0 N–H and O–H groups in total. The number of aromatic nitrogens is 1. The molecule has 29 heavy (non-hydrogen) atoms. The standard InChI is InChI=1S/C22H13N3O3S/c23-13-17(22-24-20(14-29-22)15-5-2-1-3-6-15)12-19-9-10-21(28-19)16-7-4-8-18(11-16)25(26)27/h1-12,14H. The Morgan fingerprint density at radius 3 is 2.66 bits per heavy atom. The Hall–Kier alpha value is -4.02. The van der Waals surface area contributed by atoms with Crippen LogP contribution < -0.4 is 0 Å². The SMILES string of the molecule is N#CC(=Cc1ccc(-c2cccc([N+](=O)[O-])c2)o1)c1nc(-c2ccccc2)cs1. The van der Waals surface area contributed by atoms with Crippen molar-refractivity contribution in [3.05, 3.63) is 93.0 Å². The van der Waals surface area contributed by atoms with Crippen LogP contribution in [0.3, 0.4) is 0 Å². The van der Waals surface area contributed by atoms with Gasteiger partial charge in [0.05, 0.1) is 16.2 Å². The Kier molecular flexibility index (Phi) is 5.01. The Bertz CT molecular complexity index is 1250. The molecule has 0 aliphatic rings. The average molecular weight is 399 g/mol. The second-order valence-electron chi connectivity index (χ2n) is 6.08. The first-order valence-electron chi connectivity index (χ1n) is 8.62. The Labute approximate surface area is 170 Å². The predicted octanol–water partition coefficient (Wildman–Crippen LogP) is 6.04. The van der Waals surface area contributed by atoms with E-state index >= 15 is 0 Å². The summed E-state index contributed by atoms with van der Waals surface area (Å²) in [5.41, 5.74) is 2.77. The molecule has 4 rings (SSSR count). The van der Waals surface area contributed by atoms with Crippen molar-refractivity contribution in [1.29, 1.82) is 5.26 Å². The van der Waals surface area contributed by atoms with E-state index in [-0.39, 0.29) is 5.69 Å². The summed E-state index contributed by atoms with van der Waals surface area (Å²) in [6, 6.07) is 21.6. The lowest BCUT2D eigenvalue weighted by Crippen LogP contribution is -1.87. The summed E-state index contributed by atoms with van der Waals surface area (Å²) in [7, 11) is 0. The van der Waals surface area contributed by atoms with Gasteiger partial charge in [0.25, 0.3) is 5.69 Å². The highest BCUT2D eigenvalue weighted by atomic mass is 32.1. The number of non-ortho nitro benzene ring substituents is 1. The highest BCUT2D eigenvalue weighted by molar-refractivity contribution is 7.11. The van der Waals surface area contributed by atoms with Gasteiger partial charge in [-0.2, -0.15) is 5.26 Å². The number of hydrogen-bond donors (Lipinski definition) is 0. The molecule has 2 aromatic heterocycles. The minimum atomic E-state index is -0.451. The van der Waals surface area contributed by atoms with Crippen LogP contribution in [0.4, 0.5) is 5.69 Å².